The monoisotopic (exact) mass is 537 g/mol. The highest BCUT2D eigenvalue weighted by Gasteiger charge is 2.28. The second kappa shape index (κ2) is 10.5. The van der Waals surface area contributed by atoms with Crippen LogP contribution in [0.5, 0.6) is 0 Å². The minimum absolute atomic E-state index is 0.0159. The number of sulfonamides is 2. The van der Waals surface area contributed by atoms with Crippen molar-refractivity contribution >= 4 is 43.4 Å². The summed E-state index contributed by atoms with van der Waals surface area (Å²) in [6, 6.07) is 10.3. The first-order valence-corrected chi connectivity index (χ1v) is 15.9. The van der Waals surface area contributed by atoms with Crippen LogP contribution < -0.4 is 4.72 Å². The lowest BCUT2D eigenvalue weighted by atomic mass is 9.98. The topological polar surface area (TPSA) is 104 Å². The Balaban J connectivity index is 1.54. The van der Waals surface area contributed by atoms with Crippen LogP contribution in [0.4, 0.5) is 5.69 Å². The van der Waals surface area contributed by atoms with Crippen LogP contribution in [0.25, 0.3) is 0 Å². The number of amides is 1. The zero-order chi connectivity index (χ0) is 25.2. The number of nitrogens with zero attached hydrogens (tertiary/aromatic N) is 2. The van der Waals surface area contributed by atoms with Gasteiger partial charge in [-0.05, 0) is 80.3 Å². The summed E-state index contributed by atoms with van der Waals surface area (Å²) in [4.78, 5) is 15.8. The van der Waals surface area contributed by atoms with Gasteiger partial charge in [0.2, 0.25) is 10.0 Å². The summed E-state index contributed by atoms with van der Waals surface area (Å²) >= 11 is 1.40. The molecule has 2 saturated heterocycles. The lowest BCUT2D eigenvalue weighted by Gasteiger charge is -2.30. The van der Waals surface area contributed by atoms with Crippen molar-refractivity contribution in [3.63, 3.8) is 0 Å². The van der Waals surface area contributed by atoms with Crippen molar-refractivity contribution in [3.05, 3.63) is 48.0 Å². The molecule has 8 nitrogen and oxygen atoms in total. The number of hydrogen-bond donors (Lipinski definition) is 1. The first kappa shape index (κ1) is 26.0. The fraction of sp³-hybridized carbons (Fsp3) is 0.458. The van der Waals surface area contributed by atoms with Crippen molar-refractivity contribution in [2.24, 2.45) is 5.92 Å². The molecular weight excluding hydrogens is 506 g/mol. The molecule has 2 aliphatic rings. The highest BCUT2D eigenvalue weighted by molar-refractivity contribution is 7.98. The molecule has 0 aliphatic carbocycles. The molecule has 1 amide bonds. The van der Waals surface area contributed by atoms with Crippen LogP contribution in [0, 0.1) is 5.92 Å². The van der Waals surface area contributed by atoms with E-state index in [2.05, 4.69) is 11.6 Å². The lowest BCUT2D eigenvalue weighted by molar-refractivity contribution is 0.0693. The molecule has 4 rings (SSSR count). The van der Waals surface area contributed by atoms with E-state index in [0.29, 0.717) is 37.7 Å². The predicted octanol–water partition coefficient (Wildman–Crippen LogP) is 3.87. The van der Waals surface area contributed by atoms with Gasteiger partial charge < -0.3 is 4.90 Å². The molecule has 0 saturated carbocycles. The average molecular weight is 538 g/mol. The maximum atomic E-state index is 13.2. The number of likely N-dealkylation sites (tertiary alicyclic amines) is 1. The van der Waals surface area contributed by atoms with Crippen molar-refractivity contribution < 1.29 is 21.6 Å². The zero-order valence-electron chi connectivity index (χ0n) is 19.9. The lowest BCUT2D eigenvalue weighted by Crippen LogP contribution is -2.38. The number of benzene rings is 2. The zero-order valence-corrected chi connectivity index (χ0v) is 22.4. The van der Waals surface area contributed by atoms with Gasteiger partial charge in [0.05, 0.1) is 15.4 Å². The average Bonchev–Trinajstić information content (AvgIpc) is 3.40. The highest BCUT2D eigenvalue weighted by atomic mass is 32.2. The molecule has 2 aromatic rings. The van der Waals surface area contributed by atoms with Gasteiger partial charge in [0, 0.05) is 36.8 Å². The van der Waals surface area contributed by atoms with Crippen molar-refractivity contribution in [1.29, 1.82) is 0 Å². The molecule has 2 heterocycles. The second-order valence-corrected chi connectivity index (χ2v) is 13.5. The summed E-state index contributed by atoms with van der Waals surface area (Å²) in [5.74, 6) is 0.418. The molecular formula is C24H31N3O5S3. The normalized spacial score (nSPS) is 18.1. The van der Waals surface area contributed by atoms with E-state index < -0.39 is 20.0 Å². The van der Waals surface area contributed by atoms with Gasteiger partial charge in [0.15, 0.2) is 0 Å². The Bertz CT molecular complexity index is 1280. The minimum atomic E-state index is -3.99. The first-order valence-electron chi connectivity index (χ1n) is 11.7. The summed E-state index contributed by atoms with van der Waals surface area (Å²) in [7, 11) is -7.56. The highest BCUT2D eigenvalue weighted by Crippen LogP contribution is 2.28. The number of rotatable bonds is 7. The molecule has 0 unspecified atom stereocenters. The number of piperidine rings is 1. The minimum Gasteiger partial charge on any atom is -0.339 e. The fourth-order valence-electron chi connectivity index (χ4n) is 4.39. The van der Waals surface area contributed by atoms with Crippen LogP contribution >= 0.6 is 11.8 Å². The molecule has 2 aromatic carbocycles. The molecule has 11 heteroatoms. The number of nitrogens with one attached hydrogen (secondary N) is 1. The molecule has 2 aliphatic heterocycles. The summed E-state index contributed by atoms with van der Waals surface area (Å²) < 4.78 is 55.6. The largest absolute Gasteiger partial charge is 0.339 e. The van der Waals surface area contributed by atoms with Crippen LogP contribution in [-0.4, -0.2) is 64.4 Å². The Morgan fingerprint density at radius 2 is 1.51 bits per heavy atom. The maximum Gasteiger partial charge on any atom is 0.261 e. The van der Waals surface area contributed by atoms with E-state index in [4.69, 9.17) is 0 Å². The third-order valence-electron chi connectivity index (χ3n) is 6.59. The van der Waals surface area contributed by atoms with Crippen LogP contribution in [0.1, 0.15) is 43.0 Å². The molecule has 0 aromatic heterocycles. The van der Waals surface area contributed by atoms with Crippen LogP contribution in [0.2, 0.25) is 0 Å². The number of carbonyl (C=O) groups excluding carboxylic acids is 1. The van der Waals surface area contributed by atoms with E-state index in [1.807, 2.05) is 6.26 Å². The molecule has 0 atom stereocenters. The Kier molecular flexibility index (Phi) is 7.80. The van der Waals surface area contributed by atoms with Crippen LogP contribution in [0.15, 0.2) is 57.2 Å². The third-order valence-corrected chi connectivity index (χ3v) is 10.7. The second-order valence-electron chi connectivity index (χ2n) is 9.08. The van der Waals surface area contributed by atoms with Gasteiger partial charge in [0.25, 0.3) is 15.9 Å². The molecule has 0 spiro atoms. The first-order chi connectivity index (χ1) is 16.6. The summed E-state index contributed by atoms with van der Waals surface area (Å²) in [5, 5.41) is 0. The van der Waals surface area contributed by atoms with Crippen LogP contribution in [0.3, 0.4) is 0 Å². The van der Waals surface area contributed by atoms with Gasteiger partial charge >= 0.3 is 0 Å². The maximum absolute atomic E-state index is 13.2. The summed E-state index contributed by atoms with van der Waals surface area (Å²) in [5.41, 5.74) is 0.624. The van der Waals surface area contributed by atoms with Gasteiger partial charge in [-0.3, -0.25) is 9.52 Å². The van der Waals surface area contributed by atoms with Crippen LogP contribution in [-0.2, 0) is 20.0 Å². The standard InChI is InChI=1S/C24H31N3O5S3/c1-18-11-15-26(16-12-18)24(28)22-17-21(9-10-23(22)33-2)34(29,30)25-19-5-7-20(8-6-19)35(31,32)27-13-3-4-14-27/h5-10,17-18,25H,3-4,11-16H2,1-2H3. The van der Waals surface area contributed by atoms with Gasteiger partial charge in [-0.25, -0.2) is 16.8 Å². The van der Waals surface area contributed by atoms with E-state index in [1.54, 1.807) is 11.0 Å². The van der Waals surface area contributed by atoms with E-state index >= 15 is 0 Å². The third kappa shape index (κ3) is 5.68. The summed E-state index contributed by atoms with van der Waals surface area (Å²) in [6.07, 6.45) is 5.41. The van der Waals surface area contributed by atoms with Gasteiger partial charge in [-0.15, -0.1) is 11.8 Å². The fourth-order valence-corrected chi connectivity index (χ4v) is 7.56. The van der Waals surface area contributed by atoms with Crippen molar-refractivity contribution in [1.82, 2.24) is 9.21 Å². The number of anilines is 1. The molecule has 0 radical (unpaired) electrons. The van der Waals surface area contributed by atoms with Gasteiger partial charge in [0.1, 0.15) is 0 Å². The molecule has 35 heavy (non-hydrogen) atoms. The number of carbonyl (C=O) groups is 1. The molecule has 0 bridgehead atoms. The van der Waals surface area contributed by atoms with Crippen molar-refractivity contribution in [2.75, 3.05) is 37.2 Å². The Labute approximate surface area is 212 Å². The Morgan fingerprint density at radius 1 is 0.914 bits per heavy atom. The van der Waals surface area contributed by atoms with Crippen molar-refractivity contribution in [3.8, 4) is 0 Å². The summed E-state index contributed by atoms with van der Waals surface area (Å²) in [6.45, 7) is 4.49. The molecule has 2 fully saturated rings. The quantitative estimate of drug-likeness (QED) is 0.538. The number of hydrogen-bond acceptors (Lipinski definition) is 6. The van der Waals surface area contributed by atoms with E-state index in [9.17, 15) is 21.6 Å². The molecule has 1 N–H and O–H groups in total. The van der Waals surface area contributed by atoms with E-state index in [0.717, 1.165) is 30.6 Å². The van der Waals surface area contributed by atoms with E-state index in [-0.39, 0.29) is 21.4 Å². The SMILES string of the molecule is CSc1ccc(S(=O)(=O)Nc2ccc(S(=O)(=O)N3CCCC3)cc2)cc1C(=O)N1CCC(C)CC1. The molecule has 190 valence electrons. The van der Waals surface area contributed by atoms with Crippen molar-refractivity contribution in [2.45, 2.75) is 47.3 Å². The Morgan fingerprint density at radius 3 is 2.11 bits per heavy atom. The Hall–Kier alpha value is -2.08. The smallest absolute Gasteiger partial charge is 0.261 e. The van der Waals surface area contributed by atoms with Gasteiger partial charge in [-0.2, -0.15) is 4.31 Å². The van der Waals surface area contributed by atoms with Gasteiger partial charge in [-0.1, -0.05) is 6.92 Å². The van der Waals surface area contributed by atoms with E-state index in [1.165, 1.54) is 52.5 Å². The predicted molar refractivity (Wildman–Crippen MR) is 138 cm³/mol. The number of thioether (sulfide) groups is 1.